The Hall–Kier alpha value is -2.14. The summed E-state index contributed by atoms with van der Waals surface area (Å²) in [5.41, 5.74) is 0. The molecule has 1 saturated heterocycles. The van der Waals surface area contributed by atoms with Gasteiger partial charge < -0.3 is 10.1 Å². The molecule has 7 nitrogen and oxygen atoms in total. The Morgan fingerprint density at radius 1 is 1.54 bits per heavy atom. The summed E-state index contributed by atoms with van der Waals surface area (Å²) in [7, 11) is 0. The summed E-state index contributed by atoms with van der Waals surface area (Å²) in [6.45, 7) is 2.51. The number of carbonyl (C=O) groups excluding carboxylic acids is 2. The van der Waals surface area contributed by atoms with Gasteiger partial charge in [0.1, 0.15) is 16.5 Å². The highest BCUT2D eigenvalue weighted by atomic mass is 79.9. The van der Waals surface area contributed by atoms with E-state index < -0.39 is 12.1 Å². The normalized spacial score (nSPS) is 19.6. The van der Waals surface area contributed by atoms with E-state index in [4.69, 9.17) is 10.00 Å². The number of pyridine rings is 1. The minimum atomic E-state index is -0.732. The summed E-state index contributed by atoms with van der Waals surface area (Å²) in [5.74, 6) is -0.366. The van der Waals surface area contributed by atoms with Crippen LogP contribution in [0, 0.1) is 17.2 Å². The summed E-state index contributed by atoms with van der Waals surface area (Å²) in [6.07, 6.45) is 1.41. The molecule has 0 bridgehead atoms. The van der Waals surface area contributed by atoms with Crippen molar-refractivity contribution < 1.29 is 14.3 Å². The summed E-state index contributed by atoms with van der Waals surface area (Å²) < 4.78 is 5.78. The molecular weight excluding hydrogens is 376 g/mol. The molecule has 0 spiro atoms. The maximum absolute atomic E-state index is 12.5. The minimum absolute atomic E-state index is 0.200. The van der Waals surface area contributed by atoms with E-state index in [0.29, 0.717) is 23.4 Å². The second kappa shape index (κ2) is 8.64. The number of anilines is 1. The van der Waals surface area contributed by atoms with Gasteiger partial charge in [0.15, 0.2) is 0 Å². The fraction of sp³-hybridized carbons (Fsp3) is 0.500. The van der Waals surface area contributed by atoms with Gasteiger partial charge in [-0.25, -0.2) is 9.78 Å². The number of nitriles is 1. The molecule has 1 N–H and O–H groups in total. The number of unbranched alkanes of at least 4 members (excludes halogenated alkanes) is 1. The van der Waals surface area contributed by atoms with Gasteiger partial charge in [-0.3, -0.25) is 9.69 Å². The average Bonchev–Trinajstić information content (AvgIpc) is 2.99. The van der Waals surface area contributed by atoms with Crippen molar-refractivity contribution in [3.8, 4) is 6.07 Å². The van der Waals surface area contributed by atoms with E-state index in [2.05, 4.69) is 32.3 Å². The van der Waals surface area contributed by atoms with Crippen LogP contribution in [0.25, 0.3) is 0 Å². The molecule has 1 aromatic rings. The van der Waals surface area contributed by atoms with Gasteiger partial charge >= 0.3 is 6.09 Å². The van der Waals surface area contributed by atoms with Crippen LogP contribution in [0.4, 0.5) is 10.6 Å². The predicted molar refractivity (Wildman–Crippen MR) is 91.0 cm³/mol. The quantitative estimate of drug-likeness (QED) is 0.611. The molecular formula is C16H19BrN4O3. The van der Waals surface area contributed by atoms with Gasteiger partial charge in [-0.1, -0.05) is 19.4 Å². The maximum Gasteiger partial charge on any atom is 0.410 e. The number of ether oxygens (including phenoxy) is 1. The van der Waals surface area contributed by atoms with Crippen LogP contribution >= 0.6 is 15.9 Å². The number of nitrogens with one attached hydrogen (secondary N) is 1. The third-order valence-electron chi connectivity index (χ3n) is 3.71. The average molecular weight is 395 g/mol. The second-order valence-electron chi connectivity index (χ2n) is 5.53. The first kappa shape index (κ1) is 18.2. The lowest BCUT2D eigenvalue weighted by atomic mass is 10.1. The maximum atomic E-state index is 12.5. The highest BCUT2D eigenvalue weighted by Gasteiger charge is 2.40. The zero-order chi connectivity index (χ0) is 17.5. The van der Waals surface area contributed by atoms with Crippen LogP contribution < -0.4 is 5.32 Å². The van der Waals surface area contributed by atoms with Crippen LogP contribution in [0.3, 0.4) is 0 Å². The van der Waals surface area contributed by atoms with Gasteiger partial charge in [0.05, 0.1) is 18.6 Å². The molecule has 0 saturated carbocycles. The monoisotopic (exact) mass is 394 g/mol. The lowest BCUT2D eigenvalue weighted by molar-refractivity contribution is -0.120. The number of halogens is 1. The smallest absolute Gasteiger partial charge is 0.410 e. The largest absolute Gasteiger partial charge is 0.449 e. The van der Waals surface area contributed by atoms with Crippen LogP contribution in [0.1, 0.15) is 26.2 Å². The highest BCUT2D eigenvalue weighted by Crippen LogP contribution is 2.25. The molecule has 1 aliphatic rings. The number of amides is 2. The highest BCUT2D eigenvalue weighted by molar-refractivity contribution is 9.10. The van der Waals surface area contributed by atoms with Crippen LogP contribution in [0.15, 0.2) is 22.8 Å². The minimum Gasteiger partial charge on any atom is -0.449 e. The molecule has 128 valence electrons. The molecule has 2 rings (SSSR count). The SMILES string of the molecule is CCCCOC(=O)N1CC(C#N)CC1C(=O)Nc1cccc(Br)n1. The molecule has 2 amide bonds. The number of likely N-dealkylation sites (tertiary alicyclic amines) is 1. The molecule has 2 heterocycles. The standard InChI is InChI=1S/C16H19BrN4O3/c1-2-3-7-24-16(23)21-10-11(9-18)8-12(21)15(22)20-14-6-4-5-13(17)19-14/h4-6,11-12H,2-3,7-8,10H2,1H3,(H,19,20,22). The van der Waals surface area contributed by atoms with Gasteiger partial charge in [0.25, 0.3) is 0 Å². The summed E-state index contributed by atoms with van der Waals surface area (Å²) >= 11 is 3.24. The van der Waals surface area contributed by atoms with E-state index >= 15 is 0 Å². The summed E-state index contributed by atoms with van der Waals surface area (Å²) in [5, 5.41) is 11.8. The predicted octanol–water partition coefficient (Wildman–Crippen LogP) is 2.93. The zero-order valence-electron chi connectivity index (χ0n) is 13.4. The van der Waals surface area contributed by atoms with E-state index in [9.17, 15) is 9.59 Å². The van der Waals surface area contributed by atoms with Crippen molar-refractivity contribution in [2.45, 2.75) is 32.2 Å². The number of aromatic nitrogens is 1. The van der Waals surface area contributed by atoms with Crippen LogP contribution in [0.5, 0.6) is 0 Å². The first-order valence-corrected chi connectivity index (χ1v) is 8.61. The fourth-order valence-corrected chi connectivity index (χ4v) is 2.80. The fourth-order valence-electron chi connectivity index (χ4n) is 2.45. The first-order valence-electron chi connectivity index (χ1n) is 7.81. The van der Waals surface area contributed by atoms with E-state index in [0.717, 1.165) is 12.8 Å². The molecule has 1 fully saturated rings. The van der Waals surface area contributed by atoms with Gasteiger partial charge in [-0.2, -0.15) is 5.26 Å². The molecule has 0 radical (unpaired) electrons. The summed E-state index contributed by atoms with van der Waals surface area (Å²) in [4.78, 5) is 30.2. The Morgan fingerprint density at radius 2 is 2.33 bits per heavy atom. The number of hydrogen-bond donors (Lipinski definition) is 1. The van der Waals surface area contributed by atoms with E-state index in [-0.39, 0.29) is 18.4 Å². The van der Waals surface area contributed by atoms with Crippen LogP contribution in [0.2, 0.25) is 0 Å². The Morgan fingerprint density at radius 3 is 3.00 bits per heavy atom. The topological polar surface area (TPSA) is 95.3 Å². The van der Waals surface area contributed by atoms with E-state index in [1.807, 2.05) is 6.92 Å². The van der Waals surface area contributed by atoms with Crippen molar-refractivity contribution >= 4 is 33.7 Å². The Labute approximate surface area is 149 Å². The van der Waals surface area contributed by atoms with Crippen molar-refractivity contribution in [1.82, 2.24) is 9.88 Å². The zero-order valence-corrected chi connectivity index (χ0v) is 15.0. The first-order chi connectivity index (χ1) is 11.5. The Bertz CT molecular complexity index is 646. The second-order valence-corrected chi connectivity index (χ2v) is 6.35. The number of nitrogens with zero attached hydrogens (tertiary/aromatic N) is 3. The van der Waals surface area contributed by atoms with Crippen molar-refractivity contribution in [3.05, 3.63) is 22.8 Å². The molecule has 0 aromatic carbocycles. The molecule has 24 heavy (non-hydrogen) atoms. The van der Waals surface area contributed by atoms with Crippen LogP contribution in [-0.2, 0) is 9.53 Å². The molecule has 2 atom stereocenters. The van der Waals surface area contributed by atoms with Crippen molar-refractivity contribution in [1.29, 1.82) is 5.26 Å². The van der Waals surface area contributed by atoms with Gasteiger partial charge in [0.2, 0.25) is 5.91 Å². The number of rotatable bonds is 5. The van der Waals surface area contributed by atoms with Gasteiger partial charge in [-0.05, 0) is 40.9 Å². The van der Waals surface area contributed by atoms with Crippen molar-refractivity contribution in [2.75, 3.05) is 18.5 Å². The molecule has 0 aliphatic carbocycles. The lowest BCUT2D eigenvalue weighted by Gasteiger charge is -2.23. The summed E-state index contributed by atoms with van der Waals surface area (Å²) in [6, 6.07) is 6.54. The van der Waals surface area contributed by atoms with E-state index in [1.54, 1.807) is 18.2 Å². The van der Waals surface area contributed by atoms with Crippen LogP contribution in [-0.4, -0.2) is 41.1 Å². The molecule has 1 aromatic heterocycles. The number of carbonyl (C=O) groups is 2. The third kappa shape index (κ3) is 4.68. The Balaban J connectivity index is 2.05. The molecule has 1 aliphatic heterocycles. The molecule has 8 heteroatoms. The molecule has 2 unspecified atom stereocenters. The van der Waals surface area contributed by atoms with Crippen molar-refractivity contribution in [2.24, 2.45) is 5.92 Å². The third-order valence-corrected chi connectivity index (χ3v) is 4.15. The van der Waals surface area contributed by atoms with Gasteiger partial charge in [0, 0.05) is 6.54 Å². The number of hydrogen-bond acceptors (Lipinski definition) is 5. The van der Waals surface area contributed by atoms with Crippen molar-refractivity contribution in [3.63, 3.8) is 0 Å². The van der Waals surface area contributed by atoms with Gasteiger partial charge in [-0.15, -0.1) is 0 Å². The Kier molecular flexibility index (Phi) is 6.55. The lowest BCUT2D eigenvalue weighted by Crippen LogP contribution is -2.43. The van der Waals surface area contributed by atoms with E-state index in [1.165, 1.54) is 4.90 Å².